The van der Waals surface area contributed by atoms with Crippen molar-refractivity contribution in [1.82, 2.24) is 4.90 Å². The van der Waals surface area contributed by atoms with Gasteiger partial charge in [0.05, 0.1) is 10.8 Å². The molecule has 6 heteroatoms. The Hall–Kier alpha value is -0.880. The summed E-state index contributed by atoms with van der Waals surface area (Å²) in [7, 11) is -3.00. The van der Waals surface area contributed by atoms with Gasteiger partial charge in [0, 0.05) is 29.6 Å². The van der Waals surface area contributed by atoms with E-state index in [1.165, 1.54) is 6.26 Å². The van der Waals surface area contributed by atoms with E-state index in [1.807, 2.05) is 19.2 Å². The van der Waals surface area contributed by atoms with Gasteiger partial charge in [-0.2, -0.15) is 0 Å². The molecule has 1 aliphatic rings. The van der Waals surface area contributed by atoms with Crippen molar-refractivity contribution in [2.75, 3.05) is 19.3 Å². The van der Waals surface area contributed by atoms with Crippen LogP contribution in [0.4, 0.5) is 0 Å². The second kappa shape index (κ2) is 5.85. The number of carbonyl (C=O) groups excluding carboxylic acids is 1. The lowest BCUT2D eigenvalue weighted by Gasteiger charge is -2.20. The number of nitrogens with zero attached hydrogens (tertiary/aromatic N) is 1. The Morgan fingerprint density at radius 3 is 2.55 bits per heavy atom. The van der Waals surface area contributed by atoms with Crippen molar-refractivity contribution < 1.29 is 13.2 Å². The quantitative estimate of drug-likeness (QED) is 0.842. The van der Waals surface area contributed by atoms with Gasteiger partial charge in [-0.3, -0.25) is 4.79 Å². The van der Waals surface area contributed by atoms with E-state index in [2.05, 4.69) is 0 Å². The molecule has 1 atom stereocenters. The molecule has 4 nitrogen and oxygen atoms in total. The minimum absolute atomic E-state index is 0.0426. The molecule has 1 amide bonds. The van der Waals surface area contributed by atoms with E-state index >= 15 is 0 Å². The standard InChI is InChI=1S/C14H21NO3S2/c1-10-11(2)19-9-13(10)14(16)15-7-4-5-12(6-8-15)20(3,17)18/h9,12H,4-8H2,1-3H3. The highest BCUT2D eigenvalue weighted by Gasteiger charge is 2.27. The predicted octanol–water partition coefficient (Wildman–Crippen LogP) is 2.40. The highest BCUT2D eigenvalue weighted by molar-refractivity contribution is 7.91. The molecule has 1 aromatic heterocycles. The molecule has 1 unspecified atom stereocenters. The van der Waals surface area contributed by atoms with Crippen molar-refractivity contribution in [3.8, 4) is 0 Å². The van der Waals surface area contributed by atoms with Crippen LogP contribution in [0.2, 0.25) is 0 Å². The Morgan fingerprint density at radius 1 is 1.30 bits per heavy atom. The smallest absolute Gasteiger partial charge is 0.254 e. The first-order valence-corrected chi connectivity index (χ1v) is 9.67. The van der Waals surface area contributed by atoms with Crippen LogP contribution in [0, 0.1) is 13.8 Å². The number of amides is 1. The Balaban J connectivity index is 2.11. The first kappa shape index (κ1) is 15.5. The molecule has 112 valence electrons. The zero-order valence-corrected chi connectivity index (χ0v) is 13.8. The summed E-state index contributed by atoms with van der Waals surface area (Å²) in [6.07, 6.45) is 3.25. The third-order valence-corrected chi connectivity index (χ3v) is 6.78. The van der Waals surface area contributed by atoms with Crippen LogP contribution < -0.4 is 0 Å². The van der Waals surface area contributed by atoms with Crippen molar-refractivity contribution >= 4 is 27.1 Å². The van der Waals surface area contributed by atoms with Crippen molar-refractivity contribution in [2.24, 2.45) is 0 Å². The van der Waals surface area contributed by atoms with E-state index < -0.39 is 9.84 Å². The summed E-state index contributed by atoms with van der Waals surface area (Å²) in [5, 5.41) is 1.61. The Morgan fingerprint density at radius 2 is 2.00 bits per heavy atom. The molecule has 0 aromatic carbocycles. The van der Waals surface area contributed by atoms with Crippen LogP contribution >= 0.6 is 11.3 Å². The van der Waals surface area contributed by atoms with E-state index in [1.54, 1.807) is 16.2 Å². The van der Waals surface area contributed by atoms with Gasteiger partial charge in [-0.25, -0.2) is 8.42 Å². The van der Waals surface area contributed by atoms with Gasteiger partial charge in [-0.15, -0.1) is 11.3 Å². The summed E-state index contributed by atoms with van der Waals surface area (Å²) in [5.74, 6) is 0.0426. The molecule has 0 N–H and O–H groups in total. The first-order valence-electron chi connectivity index (χ1n) is 6.83. The van der Waals surface area contributed by atoms with E-state index in [0.29, 0.717) is 25.9 Å². The van der Waals surface area contributed by atoms with Gasteiger partial charge < -0.3 is 4.90 Å². The zero-order chi connectivity index (χ0) is 14.9. The minimum atomic E-state index is -3.00. The number of thiophene rings is 1. The molecule has 1 fully saturated rings. The number of aryl methyl sites for hydroxylation is 1. The summed E-state index contributed by atoms with van der Waals surface area (Å²) in [6, 6.07) is 0. The Kier molecular flexibility index (Phi) is 4.54. The van der Waals surface area contributed by atoms with Crippen LogP contribution in [0.5, 0.6) is 0 Å². The second-order valence-corrected chi connectivity index (χ2v) is 8.91. The molecular formula is C14H21NO3S2. The third-order valence-electron chi connectivity index (χ3n) is 4.08. The van der Waals surface area contributed by atoms with Crippen LogP contribution in [-0.4, -0.2) is 43.8 Å². The van der Waals surface area contributed by atoms with Crippen molar-refractivity contribution in [3.05, 3.63) is 21.4 Å². The number of rotatable bonds is 2. The van der Waals surface area contributed by atoms with Gasteiger partial charge in [-0.1, -0.05) is 0 Å². The second-order valence-electron chi connectivity index (χ2n) is 5.51. The topological polar surface area (TPSA) is 54.5 Å². The average molecular weight is 315 g/mol. The maximum atomic E-state index is 12.5. The number of hydrogen-bond donors (Lipinski definition) is 0. The predicted molar refractivity (Wildman–Crippen MR) is 82.2 cm³/mol. The van der Waals surface area contributed by atoms with E-state index in [4.69, 9.17) is 0 Å². The highest BCUT2D eigenvalue weighted by Crippen LogP contribution is 2.24. The molecule has 1 aromatic rings. The fourth-order valence-corrected chi connectivity index (χ4v) is 4.58. The van der Waals surface area contributed by atoms with Crippen LogP contribution in [0.15, 0.2) is 5.38 Å². The number of likely N-dealkylation sites (tertiary alicyclic amines) is 1. The lowest BCUT2D eigenvalue weighted by molar-refractivity contribution is 0.0761. The molecular weight excluding hydrogens is 294 g/mol. The van der Waals surface area contributed by atoms with Gasteiger partial charge in [0.25, 0.3) is 5.91 Å². The van der Waals surface area contributed by atoms with Crippen LogP contribution in [0.1, 0.15) is 40.1 Å². The van der Waals surface area contributed by atoms with Crippen molar-refractivity contribution in [1.29, 1.82) is 0 Å². The summed E-state index contributed by atoms with van der Waals surface area (Å²) >= 11 is 1.59. The van der Waals surface area contributed by atoms with E-state index in [-0.39, 0.29) is 11.2 Å². The SMILES string of the molecule is Cc1scc(C(=O)N2CCCC(S(C)(=O)=O)CC2)c1C. The van der Waals surface area contributed by atoms with E-state index in [0.717, 1.165) is 22.4 Å². The van der Waals surface area contributed by atoms with Gasteiger partial charge in [0.15, 0.2) is 0 Å². The monoisotopic (exact) mass is 315 g/mol. The largest absolute Gasteiger partial charge is 0.339 e. The Labute approximate surface area is 124 Å². The minimum Gasteiger partial charge on any atom is -0.339 e. The molecule has 0 saturated carbocycles. The normalized spacial score (nSPS) is 20.8. The van der Waals surface area contributed by atoms with Crippen LogP contribution in [0.3, 0.4) is 0 Å². The molecule has 2 heterocycles. The average Bonchev–Trinajstić information content (AvgIpc) is 2.59. The van der Waals surface area contributed by atoms with Crippen LogP contribution in [-0.2, 0) is 9.84 Å². The number of hydrogen-bond acceptors (Lipinski definition) is 4. The molecule has 0 aliphatic carbocycles. The lowest BCUT2D eigenvalue weighted by Crippen LogP contribution is -2.32. The van der Waals surface area contributed by atoms with Gasteiger partial charge in [0.2, 0.25) is 0 Å². The summed E-state index contributed by atoms with van der Waals surface area (Å²) < 4.78 is 23.3. The first-order chi connectivity index (χ1) is 9.30. The number of sulfone groups is 1. The maximum Gasteiger partial charge on any atom is 0.254 e. The molecule has 0 bridgehead atoms. The summed E-state index contributed by atoms with van der Waals surface area (Å²) in [5.41, 5.74) is 1.81. The fourth-order valence-electron chi connectivity index (χ4n) is 2.59. The summed E-state index contributed by atoms with van der Waals surface area (Å²) in [6.45, 7) is 5.17. The van der Waals surface area contributed by atoms with Crippen LogP contribution in [0.25, 0.3) is 0 Å². The lowest BCUT2D eigenvalue weighted by atomic mass is 10.1. The van der Waals surface area contributed by atoms with E-state index in [9.17, 15) is 13.2 Å². The van der Waals surface area contributed by atoms with Crippen molar-refractivity contribution in [3.63, 3.8) is 0 Å². The molecule has 1 aliphatic heterocycles. The molecule has 2 rings (SSSR count). The number of carbonyl (C=O) groups is 1. The van der Waals surface area contributed by atoms with Gasteiger partial charge in [0.1, 0.15) is 9.84 Å². The Bertz CT molecular complexity index is 604. The summed E-state index contributed by atoms with van der Waals surface area (Å²) in [4.78, 5) is 15.5. The van der Waals surface area contributed by atoms with Gasteiger partial charge in [-0.05, 0) is 38.7 Å². The fraction of sp³-hybridized carbons (Fsp3) is 0.643. The molecule has 1 saturated heterocycles. The molecule has 0 radical (unpaired) electrons. The highest BCUT2D eigenvalue weighted by atomic mass is 32.2. The van der Waals surface area contributed by atoms with Crippen molar-refractivity contribution in [2.45, 2.75) is 38.4 Å². The molecule has 0 spiro atoms. The van der Waals surface area contributed by atoms with Gasteiger partial charge >= 0.3 is 0 Å². The zero-order valence-electron chi connectivity index (χ0n) is 12.2. The third kappa shape index (κ3) is 3.23. The molecule has 20 heavy (non-hydrogen) atoms. The maximum absolute atomic E-state index is 12.5.